The molecule has 40 heavy (non-hydrogen) atoms. The van der Waals surface area contributed by atoms with Crippen LogP contribution < -0.4 is 0 Å². The quantitative estimate of drug-likeness (QED) is 0.181. The highest BCUT2D eigenvalue weighted by atomic mass is 32.1. The van der Waals surface area contributed by atoms with Gasteiger partial charge in [0, 0.05) is 82.4 Å². The molecular weight excluding hydrogens is 565 g/mol. The molecule has 0 spiro atoms. The Hall–Kier alpha value is -3.52. The second-order valence-corrected chi connectivity index (χ2v) is 14.3. The number of thiophene rings is 4. The number of rotatable bonds is 6. The van der Waals surface area contributed by atoms with Gasteiger partial charge in [-0.3, -0.25) is 0 Å². The lowest BCUT2D eigenvalue weighted by molar-refractivity contribution is 0.877. The maximum Gasteiger partial charge on any atom is 0.0912 e. The highest BCUT2D eigenvalue weighted by Gasteiger charge is 2.24. The standard InChI is InChI=1S/C34H24N2S4/c1-3-7-21-22(8-4-2)34-32(30-24-18-20(10-6-16-36)38-26(24)12-14-28(30)40-34)31-29-23-17-19(9-5-15-35)37-25(23)11-13-27(29)39-33(21)31/h5-6,9-14,17-18H,3-4,7-8H2,1-2H3/b9-5+,10-6+. The summed E-state index contributed by atoms with van der Waals surface area (Å²) in [4.78, 5) is 2.22. The van der Waals surface area contributed by atoms with E-state index in [9.17, 15) is 0 Å². The Morgan fingerprint density at radius 1 is 0.600 bits per heavy atom. The minimum Gasteiger partial charge on any atom is -0.193 e. The summed E-state index contributed by atoms with van der Waals surface area (Å²) in [5.74, 6) is 0. The smallest absolute Gasteiger partial charge is 0.0912 e. The van der Waals surface area contributed by atoms with E-state index in [1.165, 1.54) is 71.6 Å². The number of aryl methyl sites for hydroxylation is 2. The van der Waals surface area contributed by atoms with Gasteiger partial charge in [-0.1, -0.05) is 26.7 Å². The van der Waals surface area contributed by atoms with Crippen LogP contribution in [0.15, 0.2) is 48.6 Å². The molecular formula is C34H24N2S4. The van der Waals surface area contributed by atoms with Crippen molar-refractivity contribution in [2.24, 2.45) is 0 Å². The zero-order chi connectivity index (χ0) is 27.4. The SMILES string of the molecule is CCCc1c(CCC)c2sc3ccc4sc(/C=C/C#N)cc4c3c2c2c1sc1ccc3sc(/C=C/C#N)cc3c12. The molecule has 0 aliphatic carbocycles. The zero-order valence-corrected chi connectivity index (χ0v) is 25.4. The van der Waals surface area contributed by atoms with E-state index < -0.39 is 0 Å². The molecule has 0 radical (unpaired) electrons. The molecule has 0 bridgehead atoms. The van der Waals surface area contributed by atoms with E-state index in [2.05, 4.69) is 62.4 Å². The van der Waals surface area contributed by atoms with Crippen molar-refractivity contribution in [3.8, 4) is 12.1 Å². The van der Waals surface area contributed by atoms with E-state index >= 15 is 0 Å². The van der Waals surface area contributed by atoms with Crippen molar-refractivity contribution in [3.63, 3.8) is 0 Å². The lowest BCUT2D eigenvalue weighted by atomic mass is 9.92. The molecule has 0 saturated heterocycles. The number of allylic oxidation sites excluding steroid dienone is 2. The van der Waals surface area contributed by atoms with Crippen LogP contribution in [0.5, 0.6) is 0 Å². The van der Waals surface area contributed by atoms with Crippen molar-refractivity contribution in [1.29, 1.82) is 10.5 Å². The van der Waals surface area contributed by atoms with E-state index in [-0.39, 0.29) is 0 Å². The molecule has 3 aromatic carbocycles. The fourth-order valence-electron chi connectivity index (χ4n) is 6.07. The minimum absolute atomic E-state index is 1.09. The summed E-state index contributed by atoms with van der Waals surface area (Å²) >= 11 is 7.41. The number of fused-ring (bicyclic) bond motifs is 11. The van der Waals surface area contributed by atoms with Crippen molar-refractivity contribution < 1.29 is 0 Å². The first-order valence-electron chi connectivity index (χ1n) is 13.5. The predicted octanol–water partition coefficient (Wildman–Crippen LogP) is 11.8. The molecule has 194 valence electrons. The van der Waals surface area contributed by atoms with Crippen molar-refractivity contribution in [2.75, 3.05) is 0 Å². The summed E-state index contributed by atoms with van der Waals surface area (Å²) in [7, 11) is 0. The predicted molar refractivity (Wildman–Crippen MR) is 180 cm³/mol. The van der Waals surface area contributed by atoms with Crippen molar-refractivity contribution in [1.82, 2.24) is 0 Å². The Bertz CT molecular complexity index is 2110. The van der Waals surface area contributed by atoms with Gasteiger partial charge in [-0.15, -0.1) is 45.3 Å². The van der Waals surface area contributed by atoms with E-state index in [0.717, 1.165) is 35.4 Å². The molecule has 7 rings (SSSR count). The van der Waals surface area contributed by atoms with E-state index in [1.807, 2.05) is 34.8 Å². The van der Waals surface area contributed by atoms with Crippen LogP contribution in [0.3, 0.4) is 0 Å². The Morgan fingerprint density at radius 3 is 1.43 bits per heavy atom. The number of hydrogen-bond donors (Lipinski definition) is 0. The van der Waals surface area contributed by atoms with Gasteiger partial charge in [0.2, 0.25) is 0 Å². The largest absolute Gasteiger partial charge is 0.193 e. The van der Waals surface area contributed by atoms with Crippen molar-refractivity contribution in [3.05, 3.63) is 69.4 Å². The van der Waals surface area contributed by atoms with Gasteiger partial charge in [-0.05, 0) is 72.5 Å². The average Bonchev–Trinajstić information content (AvgIpc) is 3.73. The van der Waals surface area contributed by atoms with Crippen LogP contribution in [-0.2, 0) is 12.8 Å². The van der Waals surface area contributed by atoms with Gasteiger partial charge in [-0.25, -0.2) is 0 Å². The van der Waals surface area contributed by atoms with Crippen LogP contribution in [0.2, 0.25) is 0 Å². The molecule has 0 amide bonds. The van der Waals surface area contributed by atoms with Crippen LogP contribution in [0.1, 0.15) is 47.6 Å². The third-order valence-electron chi connectivity index (χ3n) is 7.55. The first-order chi connectivity index (χ1) is 19.7. The normalized spacial score (nSPS) is 12.4. The maximum atomic E-state index is 9.12. The third kappa shape index (κ3) is 3.83. The third-order valence-corrected chi connectivity index (χ3v) is 12.1. The maximum absolute atomic E-state index is 9.12. The summed E-state index contributed by atoms with van der Waals surface area (Å²) in [6, 6.07) is 17.9. The second-order valence-electron chi connectivity index (χ2n) is 9.99. The summed E-state index contributed by atoms with van der Waals surface area (Å²) in [5.41, 5.74) is 3.07. The summed E-state index contributed by atoms with van der Waals surface area (Å²) in [6.07, 6.45) is 11.4. The molecule has 7 aromatic rings. The number of nitriles is 2. The Balaban J connectivity index is 1.73. The van der Waals surface area contributed by atoms with Crippen LogP contribution in [0, 0.1) is 22.7 Å². The van der Waals surface area contributed by atoms with Crippen LogP contribution >= 0.6 is 45.3 Å². The molecule has 0 aliphatic heterocycles. The Labute approximate surface area is 248 Å². The molecule has 0 fully saturated rings. The highest BCUT2D eigenvalue weighted by molar-refractivity contribution is 7.29. The van der Waals surface area contributed by atoms with Gasteiger partial charge in [0.25, 0.3) is 0 Å². The molecule has 0 unspecified atom stereocenters. The van der Waals surface area contributed by atoms with Crippen molar-refractivity contribution >= 4 is 118 Å². The molecule has 4 aromatic heterocycles. The zero-order valence-electron chi connectivity index (χ0n) is 22.1. The fourth-order valence-corrected chi connectivity index (χ4v) is 10.7. The number of hydrogen-bond acceptors (Lipinski definition) is 6. The van der Waals surface area contributed by atoms with E-state index in [0.29, 0.717) is 0 Å². The lowest BCUT2D eigenvalue weighted by Gasteiger charge is -2.13. The number of nitrogens with zero attached hydrogens (tertiary/aromatic N) is 2. The number of benzene rings is 3. The molecule has 0 saturated carbocycles. The molecule has 0 N–H and O–H groups in total. The Kier molecular flexibility index (Phi) is 6.45. The van der Waals surface area contributed by atoms with Crippen LogP contribution in [-0.4, -0.2) is 0 Å². The lowest BCUT2D eigenvalue weighted by Crippen LogP contribution is -1.95. The molecule has 0 aliphatic rings. The van der Waals surface area contributed by atoms with Gasteiger partial charge >= 0.3 is 0 Å². The first kappa shape index (κ1) is 25.4. The van der Waals surface area contributed by atoms with Crippen LogP contribution in [0.4, 0.5) is 0 Å². The summed E-state index contributed by atoms with van der Waals surface area (Å²) < 4.78 is 8.07. The summed E-state index contributed by atoms with van der Waals surface area (Å²) in [6.45, 7) is 4.58. The van der Waals surface area contributed by atoms with Crippen molar-refractivity contribution in [2.45, 2.75) is 39.5 Å². The van der Waals surface area contributed by atoms with Gasteiger partial charge in [-0.2, -0.15) is 10.5 Å². The second kappa shape index (κ2) is 10.1. The molecule has 4 heterocycles. The highest BCUT2D eigenvalue weighted by Crippen LogP contribution is 2.52. The van der Waals surface area contributed by atoms with Gasteiger partial charge < -0.3 is 0 Å². The van der Waals surface area contributed by atoms with Gasteiger partial charge in [0.05, 0.1) is 12.1 Å². The van der Waals surface area contributed by atoms with Gasteiger partial charge in [0.1, 0.15) is 0 Å². The minimum atomic E-state index is 1.09. The van der Waals surface area contributed by atoms with E-state index in [1.54, 1.807) is 34.8 Å². The topological polar surface area (TPSA) is 47.6 Å². The summed E-state index contributed by atoms with van der Waals surface area (Å²) in [5, 5.41) is 26.3. The monoisotopic (exact) mass is 588 g/mol. The average molecular weight is 589 g/mol. The van der Waals surface area contributed by atoms with Gasteiger partial charge in [0.15, 0.2) is 0 Å². The van der Waals surface area contributed by atoms with E-state index in [4.69, 9.17) is 10.5 Å². The molecule has 0 atom stereocenters. The molecule has 6 heteroatoms. The fraction of sp³-hybridized carbons (Fsp3) is 0.176. The molecule has 2 nitrogen and oxygen atoms in total. The first-order valence-corrected chi connectivity index (χ1v) is 16.8. The Morgan fingerprint density at radius 2 is 1.02 bits per heavy atom. The van der Waals surface area contributed by atoms with Crippen LogP contribution in [0.25, 0.3) is 72.7 Å².